The Morgan fingerprint density at radius 3 is 2.92 bits per heavy atom. The second-order valence-corrected chi connectivity index (χ2v) is 3.22. The first-order valence-electron chi connectivity index (χ1n) is 4.21. The summed E-state index contributed by atoms with van der Waals surface area (Å²) >= 11 is 0. The summed E-state index contributed by atoms with van der Waals surface area (Å²) < 4.78 is 12.7. The van der Waals surface area contributed by atoms with Crippen molar-refractivity contribution < 1.29 is 9.18 Å². The van der Waals surface area contributed by atoms with Crippen molar-refractivity contribution in [1.82, 2.24) is 0 Å². The molecule has 1 atom stereocenters. The molecule has 66 valence electrons. The number of allylic oxidation sites excluding steroid dienone is 1. The van der Waals surface area contributed by atoms with Crippen LogP contribution < -0.4 is 0 Å². The van der Waals surface area contributed by atoms with Crippen LogP contribution in [0.1, 0.15) is 12.0 Å². The fraction of sp³-hybridized carbons (Fsp3) is 0.182. The highest BCUT2D eigenvalue weighted by molar-refractivity contribution is 5.73. The zero-order valence-electron chi connectivity index (χ0n) is 7.03. The molecule has 1 saturated carbocycles. The van der Waals surface area contributed by atoms with Crippen LogP contribution in [0.4, 0.5) is 4.39 Å². The zero-order chi connectivity index (χ0) is 9.26. The van der Waals surface area contributed by atoms with E-state index in [9.17, 15) is 9.18 Å². The van der Waals surface area contributed by atoms with Gasteiger partial charge in [-0.3, -0.25) is 0 Å². The standard InChI is InChI=1S/C11H9FO/c12-11-3-1-2-8(5-11)4-9-6-10(9)7-13/h1-5,7,10H,6H2/b9-4+. The molecule has 2 heteroatoms. The van der Waals surface area contributed by atoms with Gasteiger partial charge < -0.3 is 4.79 Å². The first-order valence-corrected chi connectivity index (χ1v) is 4.21. The monoisotopic (exact) mass is 176 g/mol. The molecule has 1 fully saturated rings. The van der Waals surface area contributed by atoms with Crippen LogP contribution in [0, 0.1) is 11.7 Å². The molecular formula is C11H9FO. The smallest absolute Gasteiger partial charge is 0.127 e. The Bertz CT molecular complexity index is 368. The van der Waals surface area contributed by atoms with Gasteiger partial charge >= 0.3 is 0 Å². The third-order valence-electron chi connectivity index (χ3n) is 2.14. The summed E-state index contributed by atoms with van der Waals surface area (Å²) in [6, 6.07) is 6.37. The number of halogens is 1. The van der Waals surface area contributed by atoms with Gasteiger partial charge in [-0.15, -0.1) is 0 Å². The van der Waals surface area contributed by atoms with Gasteiger partial charge in [-0.25, -0.2) is 4.39 Å². The van der Waals surface area contributed by atoms with E-state index >= 15 is 0 Å². The largest absolute Gasteiger partial charge is 0.303 e. The van der Waals surface area contributed by atoms with Crippen molar-refractivity contribution in [3.8, 4) is 0 Å². The van der Waals surface area contributed by atoms with Crippen LogP contribution in [0.2, 0.25) is 0 Å². The van der Waals surface area contributed by atoms with E-state index in [1.54, 1.807) is 6.07 Å². The molecule has 1 unspecified atom stereocenters. The zero-order valence-corrected chi connectivity index (χ0v) is 7.03. The van der Waals surface area contributed by atoms with E-state index in [1.165, 1.54) is 12.1 Å². The molecular weight excluding hydrogens is 167 g/mol. The lowest BCUT2D eigenvalue weighted by molar-refractivity contribution is -0.108. The number of carbonyl (C=O) groups excluding carboxylic acids is 1. The van der Waals surface area contributed by atoms with Crippen LogP contribution in [0.15, 0.2) is 29.8 Å². The molecule has 2 rings (SSSR count). The van der Waals surface area contributed by atoms with Crippen molar-refractivity contribution in [3.63, 3.8) is 0 Å². The van der Waals surface area contributed by atoms with Crippen molar-refractivity contribution in [3.05, 3.63) is 41.2 Å². The van der Waals surface area contributed by atoms with Gasteiger partial charge in [-0.2, -0.15) is 0 Å². The second-order valence-electron chi connectivity index (χ2n) is 3.22. The van der Waals surface area contributed by atoms with Crippen LogP contribution in [-0.4, -0.2) is 6.29 Å². The average molecular weight is 176 g/mol. The van der Waals surface area contributed by atoms with E-state index in [0.717, 1.165) is 23.8 Å². The summed E-state index contributed by atoms with van der Waals surface area (Å²) in [6.45, 7) is 0. The van der Waals surface area contributed by atoms with Gasteiger partial charge in [0, 0.05) is 5.92 Å². The first-order chi connectivity index (χ1) is 6.29. The van der Waals surface area contributed by atoms with Crippen molar-refractivity contribution in [1.29, 1.82) is 0 Å². The second kappa shape index (κ2) is 3.13. The highest BCUT2D eigenvalue weighted by Crippen LogP contribution is 2.37. The van der Waals surface area contributed by atoms with Gasteiger partial charge in [-0.1, -0.05) is 23.8 Å². The van der Waals surface area contributed by atoms with Gasteiger partial charge in [0.05, 0.1) is 0 Å². The van der Waals surface area contributed by atoms with Crippen molar-refractivity contribution >= 4 is 12.4 Å². The molecule has 0 aromatic heterocycles. The quantitative estimate of drug-likeness (QED) is 0.632. The molecule has 0 heterocycles. The number of aldehydes is 1. The molecule has 1 aliphatic rings. The fourth-order valence-corrected chi connectivity index (χ4v) is 1.31. The van der Waals surface area contributed by atoms with E-state index in [4.69, 9.17) is 0 Å². The van der Waals surface area contributed by atoms with Gasteiger partial charge in [0.15, 0.2) is 0 Å². The van der Waals surface area contributed by atoms with E-state index in [1.807, 2.05) is 12.1 Å². The Kier molecular flexibility index (Phi) is 1.97. The Morgan fingerprint density at radius 2 is 2.31 bits per heavy atom. The predicted octanol–water partition coefficient (Wildman–Crippen LogP) is 2.43. The molecule has 0 bridgehead atoms. The van der Waals surface area contributed by atoms with E-state index in [-0.39, 0.29) is 11.7 Å². The third kappa shape index (κ3) is 1.83. The Hall–Kier alpha value is -1.44. The summed E-state index contributed by atoms with van der Waals surface area (Å²) in [5.74, 6) is -0.152. The third-order valence-corrected chi connectivity index (χ3v) is 2.14. The predicted molar refractivity (Wildman–Crippen MR) is 48.5 cm³/mol. The summed E-state index contributed by atoms with van der Waals surface area (Å²) in [7, 11) is 0. The molecule has 1 aromatic carbocycles. The van der Waals surface area contributed by atoms with Gasteiger partial charge in [-0.05, 0) is 24.1 Å². The minimum Gasteiger partial charge on any atom is -0.303 e. The van der Waals surface area contributed by atoms with Crippen LogP contribution in [0.25, 0.3) is 6.08 Å². The molecule has 0 N–H and O–H groups in total. The van der Waals surface area contributed by atoms with Gasteiger partial charge in [0.2, 0.25) is 0 Å². The van der Waals surface area contributed by atoms with Crippen molar-refractivity contribution in [2.24, 2.45) is 5.92 Å². The fourth-order valence-electron chi connectivity index (χ4n) is 1.31. The summed E-state index contributed by atoms with van der Waals surface area (Å²) in [6.07, 6.45) is 3.65. The molecule has 1 nitrogen and oxygen atoms in total. The Balaban J connectivity index is 2.19. The Labute approximate surface area is 75.9 Å². The highest BCUT2D eigenvalue weighted by atomic mass is 19.1. The molecule has 13 heavy (non-hydrogen) atoms. The number of benzene rings is 1. The lowest BCUT2D eigenvalue weighted by atomic mass is 10.2. The molecule has 0 radical (unpaired) electrons. The maximum atomic E-state index is 12.7. The lowest BCUT2D eigenvalue weighted by Gasteiger charge is -1.91. The molecule has 0 amide bonds. The number of carbonyl (C=O) groups is 1. The molecule has 1 aliphatic carbocycles. The molecule has 0 saturated heterocycles. The minimum atomic E-state index is -0.238. The van der Waals surface area contributed by atoms with Gasteiger partial charge in [0.25, 0.3) is 0 Å². The van der Waals surface area contributed by atoms with E-state index < -0.39 is 0 Å². The van der Waals surface area contributed by atoms with Crippen LogP contribution in [-0.2, 0) is 4.79 Å². The van der Waals surface area contributed by atoms with E-state index in [0.29, 0.717) is 0 Å². The van der Waals surface area contributed by atoms with E-state index in [2.05, 4.69) is 0 Å². The molecule has 1 aromatic rings. The summed E-state index contributed by atoms with van der Waals surface area (Å²) in [5, 5.41) is 0. The average Bonchev–Trinajstić information content (AvgIpc) is 2.83. The lowest BCUT2D eigenvalue weighted by Crippen LogP contribution is -1.76. The molecule has 0 spiro atoms. The topological polar surface area (TPSA) is 17.1 Å². The first kappa shape index (κ1) is 8.17. The van der Waals surface area contributed by atoms with Crippen molar-refractivity contribution in [2.45, 2.75) is 6.42 Å². The maximum absolute atomic E-state index is 12.7. The summed E-state index contributed by atoms with van der Waals surface area (Å²) in [5.41, 5.74) is 1.93. The van der Waals surface area contributed by atoms with Crippen LogP contribution >= 0.6 is 0 Å². The van der Waals surface area contributed by atoms with Crippen molar-refractivity contribution in [2.75, 3.05) is 0 Å². The summed E-state index contributed by atoms with van der Waals surface area (Å²) in [4.78, 5) is 10.3. The van der Waals surface area contributed by atoms with Crippen LogP contribution in [0.5, 0.6) is 0 Å². The van der Waals surface area contributed by atoms with Crippen LogP contribution in [0.3, 0.4) is 0 Å². The number of hydrogen-bond acceptors (Lipinski definition) is 1. The Morgan fingerprint density at radius 1 is 1.46 bits per heavy atom. The highest BCUT2D eigenvalue weighted by Gasteiger charge is 2.28. The normalized spacial score (nSPS) is 23.2. The SMILES string of the molecule is O=CC1C/C1=C\c1cccc(F)c1. The maximum Gasteiger partial charge on any atom is 0.127 e. The molecule has 0 aliphatic heterocycles. The number of rotatable bonds is 2. The van der Waals surface area contributed by atoms with Gasteiger partial charge in [0.1, 0.15) is 12.1 Å². The number of hydrogen-bond donors (Lipinski definition) is 0. The minimum absolute atomic E-state index is 0.0864.